The molecule has 1 aliphatic heterocycles. The van der Waals surface area contributed by atoms with Crippen molar-refractivity contribution in [1.29, 1.82) is 0 Å². The number of nitrogens with zero attached hydrogens (tertiary/aromatic N) is 1. The van der Waals surface area contributed by atoms with Gasteiger partial charge >= 0.3 is 5.97 Å². The number of carbonyl (C=O) groups excluding carboxylic acids is 3. The van der Waals surface area contributed by atoms with E-state index in [-0.39, 0.29) is 28.6 Å². The van der Waals surface area contributed by atoms with Crippen LogP contribution in [0, 0.1) is 13.8 Å². The minimum absolute atomic E-state index is 0.0218. The molecule has 0 aliphatic carbocycles. The van der Waals surface area contributed by atoms with Crippen molar-refractivity contribution in [2.75, 3.05) is 28.1 Å². The number of ether oxygens (including phenoxy) is 1. The van der Waals surface area contributed by atoms with Crippen LogP contribution >= 0.6 is 0 Å². The van der Waals surface area contributed by atoms with Crippen LogP contribution in [0.2, 0.25) is 0 Å². The van der Waals surface area contributed by atoms with E-state index in [1.54, 1.807) is 68.4 Å². The molecule has 2 N–H and O–H groups in total. The van der Waals surface area contributed by atoms with Gasteiger partial charge in [-0.2, -0.15) is 0 Å². The Labute approximate surface area is 202 Å². The number of sulfonamides is 1. The minimum Gasteiger partial charge on any atom is -0.452 e. The summed E-state index contributed by atoms with van der Waals surface area (Å²) >= 11 is 0. The first-order valence-corrected chi connectivity index (χ1v) is 12.2. The molecular weight excluding hydrogens is 470 g/mol. The van der Waals surface area contributed by atoms with Crippen molar-refractivity contribution >= 4 is 44.9 Å². The molecule has 0 fully saturated rings. The zero-order valence-electron chi connectivity index (χ0n) is 19.1. The van der Waals surface area contributed by atoms with Crippen LogP contribution in [0.3, 0.4) is 0 Å². The molecule has 0 atom stereocenters. The number of rotatable bonds is 6. The van der Waals surface area contributed by atoms with Gasteiger partial charge in [0.25, 0.3) is 15.9 Å². The summed E-state index contributed by atoms with van der Waals surface area (Å²) in [7, 11) is -3.99. The Balaban J connectivity index is 1.50. The normalized spacial score (nSPS) is 13.0. The summed E-state index contributed by atoms with van der Waals surface area (Å²) in [6.07, 6.45) is 0. The number of anilines is 3. The molecule has 9 nitrogen and oxygen atoms in total. The van der Waals surface area contributed by atoms with Crippen LogP contribution in [-0.2, 0) is 24.3 Å². The molecule has 35 heavy (non-hydrogen) atoms. The third-order valence-electron chi connectivity index (χ3n) is 5.42. The first-order valence-electron chi connectivity index (χ1n) is 10.7. The highest BCUT2D eigenvalue weighted by molar-refractivity contribution is 7.92. The number of para-hydroxylation sites is 3. The molecular formula is C25H23N3O6S. The maximum atomic E-state index is 13.0. The van der Waals surface area contributed by atoms with Crippen LogP contribution in [0.5, 0.6) is 0 Å². The second-order valence-corrected chi connectivity index (χ2v) is 9.69. The van der Waals surface area contributed by atoms with Gasteiger partial charge in [-0.25, -0.2) is 13.2 Å². The Bertz CT molecular complexity index is 1430. The van der Waals surface area contributed by atoms with E-state index >= 15 is 0 Å². The Kier molecular flexibility index (Phi) is 6.57. The molecule has 2 amide bonds. The fourth-order valence-corrected chi connectivity index (χ4v) is 5.10. The molecule has 4 rings (SSSR count). The van der Waals surface area contributed by atoms with Crippen LogP contribution in [0.1, 0.15) is 21.5 Å². The van der Waals surface area contributed by atoms with Crippen molar-refractivity contribution in [2.24, 2.45) is 0 Å². The van der Waals surface area contributed by atoms with E-state index in [0.29, 0.717) is 16.9 Å². The van der Waals surface area contributed by atoms with E-state index in [9.17, 15) is 22.8 Å². The van der Waals surface area contributed by atoms with Gasteiger partial charge in [-0.1, -0.05) is 36.4 Å². The average Bonchev–Trinajstić information content (AvgIpc) is 2.83. The number of carbonyl (C=O) groups is 3. The largest absolute Gasteiger partial charge is 0.452 e. The van der Waals surface area contributed by atoms with Gasteiger partial charge in [0.1, 0.15) is 6.54 Å². The van der Waals surface area contributed by atoms with E-state index in [2.05, 4.69) is 10.0 Å². The van der Waals surface area contributed by atoms with Crippen molar-refractivity contribution < 1.29 is 27.5 Å². The second kappa shape index (κ2) is 9.59. The predicted octanol–water partition coefficient (Wildman–Crippen LogP) is 3.25. The molecule has 0 saturated heterocycles. The second-order valence-electron chi connectivity index (χ2n) is 8.04. The van der Waals surface area contributed by atoms with Gasteiger partial charge < -0.3 is 10.1 Å². The van der Waals surface area contributed by atoms with Crippen molar-refractivity contribution in [1.82, 2.24) is 0 Å². The quantitative estimate of drug-likeness (QED) is 0.509. The molecule has 3 aromatic carbocycles. The van der Waals surface area contributed by atoms with E-state index in [4.69, 9.17) is 4.74 Å². The van der Waals surface area contributed by atoms with Crippen LogP contribution in [0.25, 0.3) is 0 Å². The Morgan fingerprint density at radius 2 is 1.74 bits per heavy atom. The minimum atomic E-state index is -3.99. The molecule has 1 aliphatic rings. The van der Waals surface area contributed by atoms with Crippen LogP contribution in [0.4, 0.5) is 17.1 Å². The third kappa shape index (κ3) is 5.17. The van der Waals surface area contributed by atoms with E-state index in [0.717, 1.165) is 5.56 Å². The Hall–Kier alpha value is -4.18. The standard InChI is InChI=1S/C25H23N3O6S/c1-16-11-12-17(2)22(13-16)35(32,33)27-19-8-4-3-7-18(19)25(31)34-15-24(30)28-14-23(29)26-20-9-5-6-10-21(20)28/h3-13,27H,14-15H2,1-2H3,(H,26,29). The van der Waals surface area contributed by atoms with Crippen LogP contribution < -0.4 is 14.9 Å². The van der Waals surface area contributed by atoms with Gasteiger partial charge in [0.2, 0.25) is 5.91 Å². The Morgan fingerprint density at radius 1 is 1.03 bits per heavy atom. The molecule has 0 aromatic heterocycles. The number of hydrogen-bond acceptors (Lipinski definition) is 6. The van der Waals surface area contributed by atoms with Gasteiger partial charge in [-0.15, -0.1) is 0 Å². The van der Waals surface area contributed by atoms with E-state index < -0.39 is 28.5 Å². The molecule has 10 heteroatoms. The summed E-state index contributed by atoms with van der Waals surface area (Å²) in [6.45, 7) is 2.63. The van der Waals surface area contributed by atoms with Crippen molar-refractivity contribution in [2.45, 2.75) is 18.7 Å². The molecule has 0 radical (unpaired) electrons. The maximum Gasteiger partial charge on any atom is 0.340 e. The van der Waals surface area contributed by atoms with Crippen molar-refractivity contribution in [3.05, 3.63) is 83.4 Å². The molecule has 0 spiro atoms. The third-order valence-corrected chi connectivity index (χ3v) is 6.93. The topological polar surface area (TPSA) is 122 Å². The monoisotopic (exact) mass is 493 g/mol. The lowest BCUT2D eigenvalue weighted by Gasteiger charge is -2.28. The lowest BCUT2D eigenvalue weighted by atomic mass is 10.2. The molecule has 3 aromatic rings. The number of aryl methyl sites for hydroxylation is 2. The SMILES string of the molecule is Cc1ccc(C)c(S(=O)(=O)Nc2ccccc2C(=O)OCC(=O)N2CC(=O)Nc3ccccc32)c1. The van der Waals surface area contributed by atoms with Crippen LogP contribution in [-0.4, -0.2) is 39.4 Å². The zero-order chi connectivity index (χ0) is 25.2. The molecule has 0 unspecified atom stereocenters. The molecule has 1 heterocycles. The lowest BCUT2D eigenvalue weighted by molar-refractivity contribution is -0.124. The zero-order valence-corrected chi connectivity index (χ0v) is 19.9. The first kappa shape index (κ1) is 24.0. The first-order chi connectivity index (χ1) is 16.7. The number of esters is 1. The highest BCUT2D eigenvalue weighted by atomic mass is 32.2. The van der Waals surface area contributed by atoms with Crippen molar-refractivity contribution in [3.63, 3.8) is 0 Å². The van der Waals surface area contributed by atoms with Gasteiger partial charge in [-0.05, 0) is 55.3 Å². The van der Waals surface area contributed by atoms with E-state index in [1.165, 1.54) is 17.0 Å². The number of fused-ring (bicyclic) bond motifs is 1. The number of benzene rings is 3. The summed E-state index contributed by atoms with van der Waals surface area (Å²) in [5.41, 5.74) is 2.28. The summed E-state index contributed by atoms with van der Waals surface area (Å²) in [5, 5.41) is 2.68. The molecule has 0 saturated carbocycles. The number of hydrogen-bond donors (Lipinski definition) is 2. The summed E-state index contributed by atoms with van der Waals surface area (Å²) in [4.78, 5) is 38.9. The van der Waals surface area contributed by atoms with Gasteiger partial charge in [0, 0.05) is 0 Å². The van der Waals surface area contributed by atoms with Crippen molar-refractivity contribution in [3.8, 4) is 0 Å². The van der Waals surface area contributed by atoms with E-state index in [1.807, 2.05) is 0 Å². The van der Waals surface area contributed by atoms with Gasteiger partial charge in [0.15, 0.2) is 6.61 Å². The molecule has 0 bridgehead atoms. The number of nitrogens with one attached hydrogen (secondary N) is 2. The average molecular weight is 494 g/mol. The van der Waals surface area contributed by atoms with Gasteiger partial charge in [-0.3, -0.25) is 19.2 Å². The molecule has 180 valence electrons. The predicted molar refractivity (Wildman–Crippen MR) is 131 cm³/mol. The maximum absolute atomic E-state index is 13.0. The lowest BCUT2D eigenvalue weighted by Crippen LogP contribution is -2.44. The summed E-state index contributed by atoms with van der Waals surface area (Å²) < 4.78 is 33.7. The Morgan fingerprint density at radius 3 is 2.54 bits per heavy atom. The van der Waals surface area contributed by atoms with Gasteiger partial charge in [0.05, 0.1) is 27.5 Å². The summed E-state index contributed by atoms with van der Waals surface area (Å²) in [6, 6.07) is 17.8. The summed E-state index contributed by atoms with van der Waals surface area (Å²) in [5.74, 6) is -1.84. The smallest absolute Gasteiger partial charge is 0.340 e. The van der Waals surface area contributed by atoms with Crippen LogP contribution in [0.15, 0.2) is 71.6 Å². The highest BCUT2D eigenvalue weighted by Crippen LogP contribution is 2.29. The number of amides is 2. The highest BCUT2D eigenvalue weighted by Gasteiger charge is 2.28. The fraction of sp³-hybridized carbons (Fsp3) is 0.160. The fourth-order valence-electron chi connectivity index (χ4n) is 3.69.